The number of rotatable bonds is 7. The molecule has 25 heavy (non-hydrogen) atoms. The molecule has 0 aliphatic carbocycles. The first-order chi connectivity index (χ1) is 11.7. The molecular formula is C17H16F3NO3S. The number of amides is 1. The summed E-state index contributed by atoms with van der Waals surface area (Å²) >= 11 is 1.44. The van der Waals surface area contributed by atoms with Gasteiger partial charge in [-0.15, -0.1) is 0 Å². The standard InChI is InChI=1S/C17H16F3NO3S/c18-17(19,20)13-3-1-2-11(6-13)7-14(9-16(23)24)21-15(22)8-12-4-5-25-10-12/h1-6,10,14H,7-9H2,(H,21,22)(H,23,24)/t14-/m0/s1. The van der Waals surface area contributed by atoms with Gasteiger partial charge in [-0.3, -0.25) is 9.59 Å². The van der Waals surface area contributed by atoms with E-state index in [9.17, 15) is 22.8 Å². The number of aliphatic carboxylic acids is 1. The van der Waals surface area contributed by atoms with Crippen molar-refractivity contribution >= 4 is 23.2 Å². The van der Waals surface area contributed by atoms with Gasteiger partial charge in [-0.1, -0.05) is 18.2 Å². The van der Waals surface area contributed by atoms with Crippen molar-refractivity contribution < 1.29 is 27.9 Å². The average Bonchev–Trinajstić information content (AvgIpc) is 2.98. The van der Waals surface area contributed by atoms with Gasteiger partial charge in [0.2, 0.25) is 5.91 Å². The second-order valence-electron chi connectivity index (χ2n) is 5.57. The molecule has 0 spiro atoms. The zero-order chi connectivity index (χ0) is 18.4. The lowest BCUT2D eigenvalue weighted by Crippen LogP contribution is -2.38. The molecule has 4 nitrogen and oxygen atoms in total. The van der Waals surface area contributed by atoms with Crippen molar-refractivity contribution in [2.45, 2.75) is 31.5 Å². The van der Waals surface area contributed by atoms with Gasteiger partial charge in [0, 0.05) is 6.04 Å². The Morgan fingerprint density at radius 3 is 2.56 bits per heavy atom. The summed E-state index contributed by atoms with van der Waals surface area (Å²) in [4.78, 5) is 23.0. The van der Waals surface area contributed by atoms with Crippen LogP contribution < -0.4 is 5.32 Å². The van der Waals surface area contributed by atoms with Crippen molar-refractivity contribution in [3.05, 3.63) is 57.8 Å². The van der Waals surface area contributed by atoms with Crippen LogP contribution in [0, 0.1) is 0 Å². The minimum Gasteiger partial charge on any atom is -0.481 e. The maximum absolute atomic E-state index is 12.8. The Hall–Kier alpha value is -2.35. The lowest BCUT2D eigenvalue weighted by molar-refractivity contribution is -0.139. The summed E-state index contributed by atoms with van der Waals surface area (Å²) in [7, 11) is 0. The molecule has 1 aromatic heterocycles. The van der Waals surface area contributed by atoms with Crippen molar-refractivity contribution in [2.75, 3.05) is 0 Å². The number of hydrogen-bond acceptors (Lipinski definition) is 3. The molecule has 134 valence electrons. The fourth-order valence-electron chi connectivity index (χ4n) is 2.40. The number of alkyl halides is 3. The molecule has 0 bridgehead atoms. The number of carboxylic acid groups (broad SMARTS) is 1. The van der Waals surface area contributed by atoms with E-state index in [4.69, 9.17) is 5.11 Å². The third kappa shape index (κ3) is 6.22. The molecule has 2 N–H and O–H groups in total. The SMILES string of the molecule is O=C(O)C[C@H](Cc1cccc(C(F)(F)F)c1)NC(=O)Cc1ccsc1. The molecule has 1 heterocycles. The molecule has 0 fully saturated rings. The van der Waals surface area contributed by atoms with E-state index in [-0.39, 0.29) is 25.2 Å². The molecule has 0 saturated carbocycles. The number of carbonyl (C=O) groups excluding carboxylic acids is 1. The average molecular weight is 371 g/mol. The van der Waals surface area contributed by atoms with E-state index >= 15 is 0 Å². The maximum atomic E-state index is 12.8. The van der Waals surface area contributed by atoms with Gasteiger partial charge in [-0.05, 0) is 40.4 Å². The Bertz CT molecular complexity index is 729. The second-order valence-corrected chi connectivity index (χ2v) is 6.35. The van der Waals surface area contributed by atoms with Gasteiger partial charge in [0.15, 0.2) is 0 Å². The maximum Gasteiger partial charge on any atom is 0.416 e. The number of thiophene rings is 1. The van der Waals surface area contributed by atoms with Crippen LogP contribution in [0.2, 0.25) is 0 Å². The predicted molar refractivity (Wildman–Crippen MR) is 87.4 cm³/mol. The van der Waals surface area contributed by atoms with Gasteiger partial charge in [0.25, 0.3) is 0 Å². The molecule has 0 aliphatic heterocycles. The molecule has 0 aliphatic rings. The summed E-state index contributed by atoms with van der Waals surface area (Å²) < 4.78 is 38.3. The number of nitrogens with one attached hydrogen (secondary N) is 1. The summed E-state index contributed by atoms with van der Waals surface area (Å²) in [6, 6.07) is 5.67. The highest BCUT2D eigenvalue weighted by molar-refractivity contribution is 7.08. The van der Waals surface area contributed by atoms with Crippen LogP contribution in [0.4, 0.5) is 13.2 Å². The van der Waals surface area contributed by atoms with Crippen LogP contribution in [0.3, 0.4) is 0 Å². The van der Waals surface area contributed by atoms with Gasteiger partial charge in [0.1, 0.15) is 0 Å². The molecular weight excluding hydrogens is 355 g/mol. The first-order valence-corrected chi connectivity index (χ1v) is 8.36. The smallest absolute Gasteiger partial charge is 0.416 e. The summed E-state index contributed by atoms with van der Waals surface area (Å²) in [6.45, 7) is 0. The zero-order valence-corrected chi connectivity index (χ0v) is 13.9. The van der Waals surface area contributed by atoms with Gasteiger partial charge >= 0.3 is 12.1 Å². The number of hydrogen-bond donors (Lipinski definition) is 2. The fraction of sp³-hybridized carbons (Fsp3) is 0.294. The van der Waals surface area contributed by atoms with Crippen LogP contribution in [0.1, 0.15) is 23.1 Å². The summed E-state index contributed by atoms with van der Waals surface area (Å²) in [5, 5.41) is 15.2. The Morgan fingerprint density at radius 2 is 1.96 bits per heavy atom. The highest BCUT2D eigenvalue weighted by Gasteiger charge is 2.30. The molecule has 0 saturated heterocycles. The van der Waals surface area contributed by atoms with E-state index in [0.29, 0.717) is 5.56 Å². The fourth-order valence-corrected chi connectivity index (χ4v) is 3.07. The quantitative estimate of drug-likeness (QED) is 0.783. The minimum absolute atomic E-state index is 0.00555. The lowest BCUT2D eigenvalue weighted by Gasteiger charge is -2.18. The normalized spacial score (nSPS) is 12.6. The third-order valence-corrected chi connectivity index (χ3v) is 4.20. The monoisotopic (exact) mass is 371 g/mol. The Balaban J connectivity index is 2.07. The highest BCUT2D eigenvalue weighted by atomic mass is 32.1. The van der Waals surface area contributed by atoms with Crippen molar-refractivity contribution in [3.63, 3.8) is 0 Å². The van der Waals surface area contributed by atoms with Crippen LogP contribution in [-0.2, 0) is 28.6 Å². The van der Waals surface area contributed by atoms with Crippen LogP contribution in [0.15, 0.2) is 41.1 Å². The Morgan fingerprint density at radius 1 is 1.20 bits per heavy atom. The van der Waals surface area contributed by atoms with E-state index in [2.05, 4.69) is 5.32 Å². The largest absolute Gasteiger partial charge is 0.481 e. The summed E-state index contributed by atoms with van der Waals surface area (Å²) in [5.74, 6) is -1.50. The van der Waals surface area contributed by atoms with Crippen molar-refractivity contribution in [1.82, 2.24) is 5.32 Å². The molecule has 1 amide bonds. The van der Waals surface area contributed by atoms with E-state index < -0.39 is 23.8 Å². The Kier molecular flexibility index (Phi) is 6.19. The molecule has 0 unspecified atom stereocenters. The van der Waals surface area contributed by atoms with Crippen LogP contribution >= 0.6 is 11.3 Å². The van der Waals surface area contributed by atoms with Gasteiger partial charge in [0.05, 0.1) is 18.4 Å². The molecule has 2 aromatic rings. The molecule has 0 radical (unpaired) electrons. The molecule has 1 atom stereocenters. The molecule has 8 heteroatoms. The van der Waals surface area contributed by atoms with Crippen molar-refractivity contribution in [2.24, 2.45) is 0 Å². The minimum atomic E-state index is -4.47. The van der Waals surface area contributed by atoms with Gasteiger partial charge in [-0.25, -0.2) is 0 Å². The number of carbonyl (C=O) groups is 2. The topological polar surface area (TPSA) is 66.4 Å². The third-order valence-electron chi connectivity index (χ3n) is 3.47. The Labute approximate surface area is 146 Å². The first kappa shape index (κ1) is 19.0. The van der Waals surface area contributed by atoms with E-state index in [1.165, 1.54) is 23.5 Å². The second kappa shape index (κ2) is 8.15. The van der Waals surface area contributed by atoms with E-state index in [1.807, 2.05) is 5.38 Å². The predicted octanol–water partition coefficient (Wildman–Crippen LogP) is 3.51. The van der Waals surface area contributed by atoms with Crippen LogP contribution in [0.25, 0.3) is 0 Å². The van der Waals surface area contributed by atoms with E-state index in [0.717, 1.165) is 17.7 Å². The van der Waals surface area contributed by atoms with Crippen LogP contribution in [-0.4, -0.2) is 23.0 Å². The van der Waals surface area contributed by atoms with Gasteiger partial charge < -0.3 is 10.4 Å². The van der Waals surface area contributed by atoms with Crippen molar-refractivity contribution in [3.8, 4) is 0 Å². The summed E-state index contributed by atoms with van der Waals surface area (Å²) in [6.07, 6.45) is -4.74. The highest BCUT2D eigenvalue weighted by Crippen LogP contribution is 2.29. The van der Waals surface area contributed by atoms with E-state index in [1.54, 1.807) is 11.4 Å². The van der Waals surface area contributed by atoms with Gasteiger partial charge in [-0.2, -0.15) is 24.5 Å². The van der Waals surface area contributed by atoms with Crippen LogP contribution in [0.5, 0.6) is 0 Å². The molecule has 2 rings (SSSR count). The number of benzene rings is 1. The summed E-state index contributed by atoms with van der Waals surface area (Å²) in [5.41, 5.74) is 0.316. The number of carboxylic acids is 1. The lowest BCUT2D eigenvalue weighted by atomic mass is 10.0. The number of halogens is 3. The molecule has 1 aromatic carbocycles. The first-order valence-electron chi connectivity index (χ1n) is 7.42. The van der Waals surface area contributed by atoms with Crippen molar-refractivity contribution in [1.29, 1.82) is 0 Å². The zero-order valence-electron chi connectivity index (χ0n) is 13.0.